The fraction of sp³-hybridized carbons (Fsp3) is 0.647. The van der Waals surface area contributed by atoms with Crippen molar-refractivity contribution >= 4 is 0 Å². The van der Waals surface area contributed by atoms with E-state index in [0.717, 1.165) is 13.1 Å². The highest BCUT2D eigenvalue weighted by molar-refractivity contribution is 5.33. The molecule has 0 heterocycles. The third-order valence-electron chi connectivity index (χ3n) is 3.80. The first-order valence-electron chi connectivity index (χ1n) is 7.46. The standard InChI is InChI=1S/C17H30N2/c1-7-10-18-17(12-19(6)13(2)3)16-11-14(4)8-9-15(16)5/h8-9,11,13,17-18H,7,10,12H2,1-6H3. The normalized spacial score (nSPS) is 13.3. The molecule has 1 aromatic rings. The summed E-state index contributed by atoms with van der Waals surface area (Å²) in [5.41, 5.74) is 4.17. The summed E-state index contributed by atoms with van der Waals surface area (Å²) >= 11 is 0. The van der Waals surface area contributed by atoms with Crippen LogP contribution in [0.4, 0.5) is 0 Å². The van der Waals surface area contributed by atoms with E-state index in [-0.39, 0.29) is 0 Å². The predicted molar refractivity (Wildman–Crippen MR) is 84.7 cm³/mol. The number of nitrogens with one attached hydrogen (secondary N) is 1. The van der Waals surface area contributed by atoms with E-state index in [1.54, 1.807) is 0 Å². The summed E-state index contributed by atoms with van der Waals surface area (Å²) in [6, 6.07) is 7.77. The predicted octanol–water partition coefficient (Wildman–Crippen LogP) is 3.68. The third-order valence-corrected chi connectivity index (χ3v) is 3.80. The Hall–Kier alpha value is -0.860. The Kier molecular flexibility index (Phi) is 6.53. The quantitative estimate of drug-likeness (QED) is 0.806. The molecule has 2 nitrogen and oxygen atoms in total. The van der Waals surface area contributed by atoms with Crippen molar-refractivity contribution in [2.45, 2.75) is 53.1 Å². The van der Waals surface area contributed by atoms with Crippen LogP contribution in [0.3, 0.4) is 0 Å². The van der Waals surface area contributed by atoms with Crippen LogP contribution in [0.1, 0.15) is 49.9 Å². The topological polar surface area (TPSA) is 15.3 Å². The fourth-order valence-electron chi connectivity index (χ4n) is 2.23. The highest BCUT2D eigenvalue weighted by Gasteiger charge is 2.16. The third kappa shape index (κ3) is 4.96. The van der Waals surface area contributed by atoms with E-state index < -0.39 is 0 Å². The minimum atomic E-state index is 0.423. The number of hydrogen-bond donors (Lipinski definition) is 1. The maximum absolute atomic E-state index is 3.70. The summed E-state index contributed by atoms with van der Waals surface area (Å²) in [6.07, 6.45) is 1.17. The fourth-order valence-corrected chi connectivity index (χ4v) is 2.23. The van der Waals surface area contributed by atoms with E-state index in [9.17, 15) is 0 Å². The highest BCUT2D eigenvalue weighted by Crippen LogP contribution is 2.20. The number of aryl methyl sites for hydroxylation is 2. The Bertz CT molecular complexity index is 385. The van der Waals surface area contributed by atoms with Crippen molar-refractivity contribution in [2.24, 2.45) is 0 Å². The molecule has 0 aliphatic heterocycles. The van der Waals surface area contributed by atoms with Gasteiger partial charge in [0.1, 0.15) is 0 Å². The van der Waals surface area contributed by atoms with E-state index in [1.807, 2.05) is 0 Å². The van der Waals surface area contributed by atoms with Gasteiger partial charge in [-0.05, 0) is 58.8 Å². The van der Waals surface area contributed by atoms with Crippen LogP contribution in [0.5, 0.6) is 0 Å². The molecule has 0 aliphatic rings. The molecular weight excluding hydrogens is 232 g/mol. The van der Waals surface area contributed by atoms with Crippen LogP contribution >= 0.6 is 0 Å². The summed E-state index contributed by atoms with van der Waals surface area (Å²) < 4.78 is 0. The van der Waals surface area contributed by atoms with Crippen molar-refractivity contribution in [2.75, 3.05) is 20.1 Å². The first-order valence-corrected chi connectivity index (χ1v) is 7.46. The molecule has 108 valence electrons. The van der Waals surface area contributed by atoms with Crippen molar-refractivity contribution in [1.29, 1.82) is 0 Å². The van der Waals surface area contributed by atoms with Crippen molar-refractivity contribution in [3.05, 3.63) is 34.9 Å². The lowest BCUT2D eigenvalue weighted by Crippen LogP contribution is -2.37. The second-order valence-corrected chi connectivity index (χ2v) is 5.90. The molecule has 0 fully saturated rings. The van der Waals surface area contributed by atoms with Crippen molar-refractivity contribution < 1.29 is 0 Å². The molecule has 0 aromatic heterocycles. The number of nitrogens with zero attached hydrogens (tertiary/aromatic N) is 1. The average molecular weight is 262 g/mol. The van der Waals surface area contributed by atoms with E-state index in [0.29, 0.717) is 12.1 Å². The van der Waals surface area contributed by atoms with Crippen LogP contribution in [0.2, 0.25) is 0 Å². The molecule has 1 unspecified atom stereocenters. The van der Waals surface area contributed by atoms with E-state index in [1.165, 1.54) is 23.1 Å². The molecule has 1 atom stereocenters. The largest absolute Gasteiger partial charge is 0.309 e. The van der Waals surface area contributed by atoms with E-state index in [4.69, 9.17) is 0 Å². The molecular formula is C17H30N2. The summed E-state index contributed by atoms with van der Waals surface area (Å²) in [5.74, 6) is 0. The van der Waals surface area contributed by atoms with Crippen molar-refractivity contribution in [1.82, 2.24) is 10.2 Å². The van der Waals surface area contributed by atoms with Gasteiger partial charge in [-0.2, -0.15) is 0 Å². The summed E-state index contributed by atoms with van der Waals surface area (Å²) in [5, 5.41) is 3.70. The van der Waals surface area contributed by atoms with Gasteiger partial charge in [0.2, 0.25) is 0 Å². The molecule has 2 heteroatoms. The van der Waals surface area contributed by atoms with Crippen LogP contribution in [0, 0.1) is 13.8 Å². The van der Waals surface area contributed by atoms with Gasteiger partial charge in [0.05, 0.1) is 0 Å². The zero-order valence-corrected chi connectivity index (χ0v) is 13.5. The van der Waals surface area contributed by atoms with Gasteiger partial charge in [0, 0.05) is 18.6 Å². The molecule has 1 rings (SSSR count). The molecule has 0 spiro atoms. The van der Waals surface area contributed by atoms with Crippen LogP contribution in [0.25, 0.3) is 0 Å². The molecule has 0 saturated carbocycles. The summed E-state index contributed by atoms with van der Waals surface area (Å²) in [4.78, 5) is 2.41. The smallest absolute Gasteiger partial charge is 0.0452 e. The van der Waals surface area contributed by atoms with Crippen LogP contribution < -0.4 is 5.32 Å². The number of benzene rings is 1. The van der Waals surface area contributed by atoms with Crippen LogP contribution in [-0.2, 0) is 0 Å². The minimum absolute atomic E-state index is 0.423. The first-order chi connectivity index (χ1) is 8.95. The van der Waals surface area contributed by atoms with Gasteiger partial charge in [0.15, 0.2) is 0 Å². The second kappa shape index (κ2) is 7.66. The zero-order chi connectivity index (χ0) is 14.4. The number of rotatable bonds is 7. The summed E-state index contributed by atoms with van der Waals surface area (Å²) in [6.45, 7) is 13.2. The molecule has 0 bridgehead atoms. The van der Waals surface area contributed by atoms with Gasteiger partial charge in [0.25, 0.3) is 0 Å². The van der Waals surface area contributed by atoms with Gasteiger partial charge in [-0.1, -0.05) is 30.7 Å². The maximum Gasteiger partial charge on any atom is 0.0452 e. The number of likely N-dealkylation sites (N-methyl/N-ethyl adjacent to an activating group) is 1. The lowest BCUT2D eigenvalue weighted by atomic mass is 9.98. The molecule has 0 saturated heterocycles. The average Bonchev–Trinajstić information content (AvgIpc) is 2.37. The Morgan fingerprint density at radius 2 is 1.89 bits per heavy atom. The monoisotopic (exact) mass is 262 g/mol. The molecule has 0 radical (unpaired) electrons. The van der Waals surface area contributed by atoms with Gasteiger partial charge in [-0.15, -0.1) is 0 Å². The van der Waals surface area contributed by atoms with Gasteiger partial charge in [-0.3, -0.25) is 0 Å². The Labute approximate surface area is 119 Å². The first kappa shape index (κ1) is 16.2. The summed E-state index contributed by atoms with van der Waals surface area (Å²) in [7, 11) is 2.20. The highest BCUT2D eigenvalue weighted by atomic mass is 15.1. The Balaban J connectivity index is 2.91. The SMILES string of the molecule is CCCNC(CN(C)C(C)C)c1cc(C)ccc1C. The minimum Gasteiger partial charge on any atom is -0.309 e. The molecule has 19 heavy (non-hydrogen) atoms. The van der Waals surface area contributed by atoms with Crippen LogP contribution in [-0.4, -0.2) is 31.1 Å². The van der Waals surface area contributed by atoms with E-state index >= 15 is 0 Å². The molecule has 0 aliphatic carbocycles. The Morgan fingerprint density at radius 1 is 1.21 bits per heavy atom. The van der Waals surface area contributed by atoms with Gasteiger partial charge >= 0.3 is 0 Å². The van der Waals surface area contributed by atoms with Crippen molar-refractivity contribution in [3.8, 4) is 0 Å². The molecule has 0 amide bonds. The lowest BCUT2D eigenvalue weighted by molar-refractivity contribution is 0.242. The van der Waals surface area contributed by atoms with E-state index in [2.05, 4.69) is 70.1 Å². The molecule has 1 N–H and O–H groups in total. The van der Waals surface area contributed by atoms with Gasteiger partial charge < -0.3 is 10.2 Å². The van der Waals surface area contributed by atoms with Gasteiger partial charge in [-0.25, -0.2) is 0 Å². The lowest BCUT2D eigenvalue weighted by Gasteiger charge is -2.29. The molecule has 1 aromatic carbocycles. The number of hydrogen-bond acceptors (Lipinski definition) is 2. The Morgan fingerprint density at radius 3 is 2.47 bits per heavy atom. The zero-order valence-electron chi connectivity index (χ0n) is 13.5. The second-order valence-electron chi connectivity index (χ2n) is 5.90. The maximum atomic E-state index is 3.70. The van der Waals surface area contributed by atoms with Crippen molar-refractivity contribution in [3.63, 3.8) is 0 Å². The van der Waals surface area contributed by atoms with Crippen LogP contribution in [0.15, 0.2) is 18.2 Å².